The number of anilines is 1. The van der Waals surface area contributed by atoms with Gasteiger partial charge in [-0.25, -0.2) is 4.79 Å². The number of benzene rings is 1. The van der Waals surface area contributed by atoms with Gasteiger partial charge in [0.05, 0.1) is 0 Å². The van der Waals surface area contributed by atoms with Crippen LogP contribution in [-0.2, 0) is 11.3 Å². The molecule has 0 N–H and O–H groups in total. The Hall–Kier alpha value is -1.27. The highest BCUT2D eigenvalue weighted by atomic mass is 79.9. The van der Waals surface area contributed by atoms with Gasteiger partial charge in [-0.05, 0) is 77.4 Å². The van der Waals surface area contributed by atoms with Crippen LogP contribution in [0.1, 0.15) is 52.5 Å². The van der Waals surface area contributed by atoms with E-state index in [2.05, 4.69) is 50.9 Å². The van der Waals surface area contributed by atoms with Gasteiger partial charge in [0.2, 0.25) is 0 Å². The number of carbonyl (C=O) groups excluding carboxylic acids is 1. The first-order chi connectivity index (χ1) is 13.2. The summed E-state index contributed by atoms with van der Waals surface area (Å²) in [5.41, 5.74) is 2.13. The van der Waals surface area contributed by atoms with Crippen LogP contribution in [0.25, 0.3) is 0 Å². The fourth-order valence-corrected chi connectivity index (χ4v) is 4.60. The molecule has 0 radical (unpaired) electrons. The van der Waals surface area contributed by atoms with E-state index in [0.29, 0.717) is 6.54 Å². The third-order valence-electron chi connectivity index (χ3n) is 5.42. The number of carbonyl (C=O) groups is 1. The number of piperazine rings is 1. The van der Waals surface area contributed by atoms with Crippen LogP contribution in [0.4, 0.5) is 10.5 Å². The topological polar surface area (TPSA) is 36.0 Å². The molecule has 2 saturated heterocycles. The van der Waals surface area contributed by atoms with E-state index in [-0.39, 0.29) is 12.1 Å². The third-order valence-corrected chi connectivity index (χ3v) is 5.88. The van der Waals surface area contributed by atoms with E-state index in [1.807, 2.05) is 25.7 Å². The summed E-state index contributed by atoms with van der Waals surface area (Å²) < 4.78 is 6.69. The van der Waals surface area contributed by atoms with Crippen molar-refractivity contribution < 1.29 is 9.53 Å². The maximum Gasteiger partial charge on any atom is 0.410 e. The minimum Gasteiger partial charge on any atom is -0.444 e. The van der Waals surface area contributed by atoms with E-state index in [9.17, 15) is 4.79 Å². The molecule has 0 aliphatic carbocycles. The average molecular weight is 452 g/mol. The molecule has 2 aliphatic rings. The Morgan fingerprint density at radius 2 is 1.82 bits per heavy atom. The van der Waals surface area contributed by atoms with Crippen molar-refractivity contribution in [1.29, 1.82) is 0 Å². The van der Waals surface area contributed by atoms with Gasteiger partial charge in [-0.1, -0.05) is 22.4 Å². The molecule has 2 aliphatic heterocycles. The van der Waals surface area contributed by atoms with Crippen LogP contribution < -0.4 is 4.90 Å². The maximum atomic E-state index is 12.5. The van der Waals surface area contributed by atoms with Crippen molar-refractivity contribution in [3.63, 3.8) is 0 Å². The first-order valence-corrected chi connectivity index (χ1v) is 11.3. The van der Waals surface area contributed by atoms with Crippen molar-refractivity contribution in [3.05, 3.63) is 28.2 Å². The lowest BCUT2D eigenvalue weighted by Gasteiger charge is -2.41. The molecule has 0 bridgehead atoms. The number of ether oxygens (including phenoxy) is 1. The lowest BCUT2D eigenvalue weighted by molar-refractivity contribution is 0.0159. The number of piperidine rings is 1. The van der Waals surface area contributed by atoms with Gasteiger partial charge >= 0.3 is 6.09 Å². The summed E-state index contributed by atoms with van der Waals surface area (Å²) in [6.45, 7) is 13.6. The monoisotopic (exact) mass is 451 g/mol. The minimum absolute atomic E-state index is 0.119. The van der Waals surface area contributed by atoms with Gasteiger partial charge in [0, 0.05) is 42.4 Å². The zero-order chi connectivity index (χ0) is 20.3. The van der Waals surface area contributed by atoms with Crippen LogP contribution in [0.2, 0.25) is 0 Å². The molecule has 2 heterocycles. The number of nitrogens with zero attached hydrogens (tertiary/aromatic N) is 3. The van der Waals surface area contributed by atoms with Crippen molar-refractivity contribution in [3.8, 4) is 0 Å². The van der Waals surface area contributed by atoms with Crippen LogP contribution >= 0.6 is 15.9 Å². The summed E-state index contributed by atoms with van der Waals surface area (Å²) in [5, 5.41) is 0. The number of hydrogen-bond acceptors (Lipinski definition) is 4. The summed E-state index contributed by atoms with van der Waals surface area (Å²) in [5.74, 6) is 0. The molecule has 0 aromatic heterocycles. The Morgan fingerprint density at radius 3 is 2.46 bits per heavy atom. The Kier molecular flexibility index (Phi) is 6.92. The van der Waals surface area contributed by atoms with Crippen molar-refractivity contribution in [2.75, 3.05) is 37.6 Å². The van der Waals surface area contributed by atoms with E-state index in [1.165, 1.54) is 43.6 Å². The quantitative estimate of drug-likeness (QED) is 0.655. The second kappa shape index (κ2) is 9.04. The molecule has 1 aromatic carbocycles. The second-order valence-corrected chi connectivity index (χ2v) is 10.0. The Bertz CT molecular complexity index is 683. The number of hydrogen-bond donors (Lipinski definition) is 0. The minimum atomic E-state index is -0.457. The van der Waals surface area contributed by atoms with Crippen LogP contribution in [0.5, 0.6) is 0 Å². The van der Waals surface area contributed by atoms with Crippen molar-refractivity contribution in [2.24, 2.45) is 0 Å². The molecule has 156 valence electrons. The summed E-state index contributed by atoms with van der Waals surface area (Å²) in [6.07, 6.45) is 3.77. The Balaban J connectivity index is 1.65. The Labute approximate surface area is 178 Å². The molecule has 1 unspecified atom stereocenters. The van der Waals surface area contributed by atoms with Crippen molar-refractivity contribution in [2.45, 2.75) is 65.1 Å². The smallest absolute Gasteiger partial charge is 0.410 e. The van der Waals surface area contributed by atoms with Crippen LogP contribution in [-0.4, -0.2) is 60.3 Å². The molecule has 1 amide bonds. The fraction of sp³-hybridized carbons (Fsp3) is 0.682. The van der Waals surface area contributed by atoms with E-state index < -0.39 is 5.60 Å². The SMILES string of the molecule is CC1CN(c2cc(Br)cc(CN3CCCCC3)c2)CCN1C(=O)OC(C)(C)C. The molecule has 5 nitrogen and oxygen atoms in total. The third kappa shape index (κ3) is 5.86. The predicted molar refractivity (Wildman–Crippen MR) is 118 cm³/mol. The molecule has 3 rings (SSSR count). The molecule has 2 fully saturated rings. The van der Waals surface area contributed by atoms with Gasteiger partial charge < -0.3 is 14.5 Å². The number of rotatable bonds is 3. The highest BCUT2D eigenvalue weighted by Crippen LogP contribution is 2.27. The van der Waals surface area contributed by atoms with Gasteiger partial charge in [0.1, 0.15) is 5.60 Å². The van der Waals surface area contributed by atoms with E-state index in [0.717, 1.165) is 24.1 Å². The van der Waals surface area contributed by atoms with E-state index in [1.54, 1.807) is 0 Å². The fourth-order valence-electron chi connectivity index (χ4n) is 4.07. The number of likely N-dealkylation sites (tertiary alicyclic amines) is 1. The highest BCUT2D eigenvalue weighted by molar-refractivity contribution is 9.10. The van der Waals surface area contributed by atoms with Crippen LogP contribution in [0, 0.1) is 0 Å². The van der Waals surface area contributed by atoms with Crippen LogP contribution in [0.15, 0.2) is 22.7 Å². The van der Waals surface area contributed by atoms with Crippen molar-refractivity contribution in [1.82, 2.24) is 9.80 Å². The molecular weight excluding hydrogens is 418 g/mol. The van der Waals surface area contributed by atoms with Gasteiger partial charge in [-0.15, -0.1) is 0 Å². The molecule has 1 atom stereocenters. The van der Waals surface area contributed by atoms with Gasteiger partial charge in [0.15, 0.2) is 0 Å². The zero-order valence-electron chi connectivity index (χ0n) is 17.7. The molecule has 28 heavy (non-hydrogen) atoms. The molecule has 0 spiro atoms. The number of halogens is 1. The van der Waals surface area contributed by atoms with Gasteiger partial charge in [-0.2, -0.15) is 0 Å². The van der Waals surface area contributed by atoms with Gasteiger partial charge in [0.25, 0.3) is 0 Å². The molecular formula is C22H34BrN3O2. The average Bonchev–Trinajstić information content (AvgIpc) is 2.60. The van der Waals surface area contributed by atoms with Crippen LogP contribution in [0.3, 0.4) is 0 Å². The first kappa shape index (κ1) is 21.4. The predicted octanol–water partition coefficient (Wildman–Crippen LogP) is 4.88. The van der Waals surface area contributed by atoms with Gasteiger partial charge in [-0.3, -0.25) is 4.90 Å². The van der Waals surface area contributed by atoms with Crippen molar-refractivity contribution >= 4 is 27.7 Å². The lowest BCUT2D eigenvalue weighted by Crippen LogP contribution is -2.55. The number of amides is 1. The molecule has 0 saturated carbocycles. The standard InChI is InChI=1S/C22H34BrN3O2/c1-17-15-25(10-11-26(17)21(27)28-22(2,3)4)20-13-18(12-19(23)14-20)16-24-8-6-5-7-9-24/h12-14,17H,5-11,15-16H2,1-4H3. The Morgan fingerprint density at radius 1 is 1.11 bits per heavy atom. The highest BCUT2D eigenvalue weighted by Gasteiger charge is 2.31. The lowest BCUT2D eigenvalue weighted by atomic mass is 10.1. The maximum absolute atomic E-state index is 12.5. The second-order valence-electron chi connectivity index (χ2n) is 9.12. The van der Waals surface area contributed by atoms with E-state index in [4.69, 9.17) is 4.74 Å². The summed E-state index contributed by atoms with van der Waals surface area (Å²) >= 11 is 3.70. The molecule has 6 heteroatoms. The summed E-state index contributed by atoms with van der Waals surface area (Å²) in [4.78, 5) is 19.3. The normalized spacial score (nSPS) is 21.7. The summed E-state index contributed by atoms with van der Waals surface area (Å²) in [7, 11) is 0. The zero-order valence-corrected chi connectivity index (χ0v) is 19.3. The molecule has 1 aromatic rings. The summed E-state index contributed by atoms with van der Waals surface area (Å²) in [6, 6.07) is 6.86. The largest absolute Gasteiger partial charge is 0.444 e. The van der Waals surface area contributed by atoms with E-state index >= 15 is 0 Å². The first-order valence-electron chi connectivity index (χ1n) is 10.5.